The second-order valence-corrected chi connectivity index (χ2v) is 23.0. The molecule has 0 bridgehead atoms. The molecule has 6 rings (SSSR count). The normalized spacial score (nSPS) is 25.2. The van der Waals surface area contributed by atoms with Crippen molar-refractivity contribution < 1.29 is 58.9 Å². The highest BCUT2D eigenvalue weighted by molar-refractivity contribution is 7.15. The average molecular weight is 969 g/mol. The van der Waals surface area contributed by atoms with Crippen LogP contribution in [0.5, 0.6) is 0 Å². The molecule has 2 aliphatic heterocycles. The van der Waals surface area contributed by atoms with Crippen molar-refractivity contribution >= 4 is 57.8 Å². The molecule has 0 spiro atoms. The summed E-state index contributed by atoms with van der Waals surface area (Å²) in [4.78, 5) is 57.7. The molecule has 5 N–H and O–H groups in total. The van der Waals surface area contributed by atoms with Crippen LogP contribution in [0.2, 0.25) is 0 Å². The van der Waals surface area contributed by atoms with Crippen LogP contribution in [0.4, 0.5) is 11.4 Å². The number of carboxylic acid groups (broad SMARTS) is 1. The monoisotopic (exact) mass is 968 g/mol. The van der Waals surface area contributed by atoms with Gasteiger partial charge in [0.1, 0.15) is 21.0 Å². The van der Waals surface area contributed by atoms with Crippen LogP contribution in [0.1, 0.15) is 162 Å². The zero-order valence-electron chi connectivity index (χ0n) is 40.7. The summed E-state index contributed by atoms with van der Waals surface area (Å²) in [6.45, 7) is 14.8. The minimum Gasteiger partial charge on any atom is -0.477 e. The largest absolute Gasteiger partial charge is 0.477 e. The van der Waals surface area contributed by atoms with Crippen molar-refractivity contribution in [3.05, 3.63) is 31.6 Å². The average Bonchev–Trinajstić information content (AvgIpc) is 3.92. The van der Waals surface area contributed by atoms with Crippen molar-refractivity contribution in [1.82, 2.24) is 0 Å². The van der Waals surface area contributed by atoms with Crippen LogP contribution in [-0.2, 0) is 23.8 Å². The number of carbonyl (C=O) groups excluding carboxylic acids is 3. The molecular weight excluding hydrogens is 897 g/mol. The van der Waals surface area contributed by atoms with E-state index in [1.165, 1.54) is 24.9 Å². The third-order valence-corrected chi connectivity index (χ3v) is 14.9. The molecule has 14 nitrogen and oxygen atoms in total. The molecule has 2 unspecified atom stereocenters. The van der Waals surface area contributed by atoms with E-state index in [0.717, 1.165) is 69.1 Å². The molecule has 2 aromatic rings. The smallest absolute Gasteiger partial charge is 0.350 e. The van der Waals surface area contributed by atoms with E-state index >= 15 is 0 Å². The highest BCUT2D eigenvalue weighted by Crippen LogP contribution is 2.44. The number of nitrogens with zero attached hydrogens (tertiary/aromatic N) is 2. The molecule has 16 heteroatoms. The lowest BCUT2D eigenvalue weighted by atomic mass is 9.81. The Morgan fingerprint density at radius 1 is 0.716 bits per heavy atom. The Bertz CT molecular complexity index is 2190. The van der Waals surface area contributed by atoms with Crippen molar-refractivity contribution in [3.8, 4) is 23.7 Å². The van der Waals surface area contributed by atoms with Crippen molar-refractivity contribution in [2.24, 2.45) is 22.7 Å². The van der Waals surface area contributed by atoms with Crippen LogP contribution in [-0.4, -0.2) is 118 Å². The molecule has 2 aromatic heterocycles. The number of ether oxygens (including phenoxy) is 3. The van der Waals surface area contributed by atoms with Gasteiger partial charge >= 0.3 is 11.9 Å². The van der Waals surface area contributed by atoms with Crippen LogP contribution >= 0.6 is 22.7 Å². The first kappa shape index (κ1) is 54.1. The molecule has 2 amide bonds. The van der Waals surface area contributed by atoms with Gasteiger partial charge in [-0.2, -0.15) is 0 Å². The zero-order chi connectivity index (χ0) is 49.5. The Kier molecular flexibility index (Phi) is 18.3. The number of esters is 1. The summed E-state index contributed by atoms with van der Waals surface area (Å²) in [7, 11) is 1.33. The summed E-state index contributed by atoms with van der Waals surface area (Å²) < 4.78 is 17.2. The number of aromatic carboxylic acids is 1. The first-order valence-electron chi connectivity index (χ1n) is 23.6. The highest BCUT2D eigenvalue weighted by atomic mass is 32.1. The van der Waals surface area contributed by atoms with Gasteiger partial charge in [-0.1, -0.05) is 62.2 Å². The Morgan fingerprint density at radius 3 is 1.43 bits per heavy atom. The Hall–Kier alpha value is -3.84. The Morgan fingerprint density at radius 2 is 1.09 bits per heavy atom. The maximum absolute atomic E-state index is 14.0. The van der Waals surface area contributed by atoms with Gasteiger partial charge in [0.25, 0.3) is 11.8 Å². The van der Waals surface area contributed by atoms with Gasteiger partial charge in [0, 0.05) is 23.7 Å². The SMILES string of the molecule is CC(C)(C)C#Cc1cc(N2C(=O)[C@@](C)(CC(O)CO)OC[C@H]2C2CCCCC2)c(C(=O)O)s1.COC(=O)c1sc(C#CC(C)(C)C)cc1N1C(=O)[C@@](C)(CC(O)CO)OC[C@H]1C1CCCCC1. The molecule has 4 aliphatic rings. The molecule has 67 heavy (non-hydrogen) atoms. The molecule has 2 saturated heterocycles. The maximum atomic E-state index is 14.0. The number of hydrogen-bond donors (Lipinski definition) is 5. The summed E-state index contributed by atoms with van der Waals surface area (Å²) in [5, 5.41) is 48.8. The van der Waals surface area contributed by atoms with E-state index in [1.807, 2.05) is 41.5 Å². The predicted octanol–water partition coefficient (Wildman–Crippen LogP) is 7.40. The summed E-state index contributed by atoms with van der Waals surface area (Å²) >= 11 is 2.30. The maximum Gasteiger partial charge on any atom is 0.350 e. The van der Waals surface area contributed by atoms with E-state index in [0.29, 0.717) is 32.6 Å². The molecule has 370 valence electrons. The van der Waals surface area contributed by atoms with Crippen LogP contribution in [0.3, 0.4) is 0 Å². The number of thiophene rings is 2. The van der Waals surface area contributed by atoms with Crippen LogP contribution < -0.4 is 9.80 Å². The van der Waals surface area contributed by atoms with Gasteiger partial charge in [0.2, 0.25) is 0 Å². The fourth-order valence-electron chi connectivity index (χ4n) is 9.38. The first-order chi connectivity index (χ1) is 31.4. The number of carbonyl (C=O) groups is 4. The predicted molar refractivity (Wildman–Crippen MR) is 259 cm³/mol. The van der Waals surface area contributed by atoms with E-state index in [4.69, 9.17) is 14.2 Å². The number of hydrogen-bond acceptors (Lipinski definition) is 13. The molecule has 0 aromatic carbocycles. The molecule has 0 radical (unpaired) electrons. The standard InChI is InChI=1S/C26H37NO6S.C25H35NO6S/c1-25(2,3)12-11-19-13-20(22(34-19)23(30)32-5)27-21(17-9-7-6-8-10-17)16-33-26(4,24(27)31)14-18(29)15-28;1-24(2,3)11-10-18-12-19(21(33-18)22(29)30)26-20(16-8-6-5-7-9-16)15-32-25(4,23(26)31)13-17(28)14-27/h13,17-18,21,28-29H,6-10,14-16H2,1-5H3;12,16-17,20,27-28H,5-9,13-15H2,1-4H3,(H,29,30)/t18?,21-,26+;17?,20-,25+/m00/s1. The van der Waals surface area contributed by atoms with Gasteiger partial charge in [0.05, 0.1) is 79.0 Å². The summed E-state index contributed by atoms with van der Waals surface area (Å²) in [5.74, 6) is 10.7. The summed E-state index contributed by atoms with van der Waals surface area (Å²) in [6.07, 6.45) is 8.25. The highest BCUT2D eigenvalue weighted by Gasteiger charge is 2.51. The molecule has 2 saturated carbocycles. The second-order valence-electron chi connectivity index (χ2n) is 20.9. The Labute approximate surface area is 404 Å². The van der Waals surface area contributed by atoms with Gasteiger partial charge in [-0.05, 0) is 105 Å². The van der Waals surface area contributed by atoms with E-state index in [1.54, 1.807) is 35.8 Å². The number of amides is 2. The number of rotatable bonds is 12. The van der Waals surface area contributed by atoms with Crippen LogP contribution in [0.25, 0.3) is 0 Å². The molecule has 4 fully saturated rings. The fourth-order valence-corrected chi connectivity index (χ4v) is 11.1. The number of methoxy groups -OCH3 is 1. The Balaban J connectivity index is 0.000000251. The molecule has 6 atom stereocenters. The van der Waals surface area contributed by atoms with Gasteiger partial charge in [-0.3, -0.25) is 9.59 Å². The summed E-state index contributed by atoms with van der Waals surface area (Å²) in [5.41, 5.74) is -2.30. The van der Waals surface area contributed by atoms with E-state index < -0.39 is 48.6 Å². The minimum atomic E-state index is -1.36. The van der Waals surface area contributed by atoms with E-state index in [9.17, 15) is 44.7 Å². The summed E-state index contributed by atoms with van der Waals surface area (Å²) in [6, 6.07) is 2.99. The van der Waals surface area contributed by atoms with Crippen LogP contribution in [0.15, 0.2) is 12.1 Å². The number of aliphatic hydroxyl groups is 4. The lowest BCUT2D eigenvalue weighted by Crippen LogP contribution is -2.63. The quantitative estimate of drug-likeness (QED) is 0.104. The van der Waals surface area contributed by atoms with Gasteiger partial charge < -0.3 is 49.5 Å². The van der Waals surface area contributed by atoms with Crippen LogP contribution in [0, 0.1) is 46.3 Å². The lowest BCUT2D eigenvalue weighted by molar-refractivity contribution is -0.158. The van der Waals surface area contributed by atoms with E-state index in [2.05, 4.69) is 23.7 Å². The minimum absolute atomic E-state index is 0.0371. The number of anilines is 2. The van der Waals surface area contributed by atoms with Crippen molar-refractivity contribution in [2.45, 2.75) is 168 Å². The van der Waals surface area contributed by atoms with Crippen molar-refractivity contribution in [3.63, 3.8) is 0 Å². The van der Waals surface area contributed by atoms with Gasteiger partial charge in [0.15, 0.2) is 0 Å². The van der Waals surface area contributed by atoms with E-state index in [-0.39, 0.29) is 70.9 Å². The zero-order valence-corrected chi connectivity index (χ0v) is 42.4. The molecule has 2 aliphatic carbocycles. The second kappa shape index (κ2) is 22.7. The third-order valence-electron chi connectivity index (χ3n) is 12.8. The van der Waals surface area contributed by atoms with Gasteiger partial charge in [-0.25, -0.2) is 9.59 Å². The number of morpholine rings is 2. The molecule has 4 heterocycles. The van der Waals surface area contributed by atoms with Crippen molar-refractivity contribution in [1.29, 1.82) is 0 Å². The number of carboxylic acids is 1. The third kappa shape index (κ3) is 13.7. The number of aliphatic hydroxyl groups excluding tert-OH is 4. The first-order valence-corrected chi connectivity index (χ1v) is 25.3. The van der Waals surface area contributed by atoms with Crippen molar-refractivity contribution in [2.75, 3.05) is 43.3 Å². The topological polar surface area (TPSA) is 204 Å². The van der Waals surface area contributed by atoms with Gasteiger partial charge in [-0.15, -0.1) is 22.7 Å². The molecular formula is C51H72N2O12S2. The fraction of sp³-hybridized carbons (Fsp3) is 0.686. The lowest BCUT2D eigenvalue weighted by Gasteiger charge is -2.48.